The van der Waals surface area contributed by atoms with E-state index in [9.17, 15) is 9.18 Å². The van der Waals surface area contributed by atoms with Gasteiger partial charge in [0.25, 0.3) is 0 Å². The lowest BCUT2D eigenvalue weighted by Crippen LogP contribution is -2.27. The fourth-order valence-corrected chi connectivity index (χ4v) is 3.85. The van der Waals surface area contributed by atoms with Crippen molar-refractivity contribution < 1.29 is 9.18 Å². The summed E-state index contributed by atoms with van der Waals surface area (Å²) < 4.78 is 15.8. The smallest absolute Gasteiger partial charge is 0.242 e. The Morgan fingerprint density at radius 2 is 1.78 bits per heavy atom. The minimum atomic E-state index is -0.357. The summed E-state index contributed by atoms with van der Waals surface area (Å²) in [6.07, 6.45) is 1.75. The molecule has 0 spiro atoms. The minimum absolute atomic E-state index is 0.0187. The number of pyridine rings is 1. The van der Waals surface area contributed by atoms with Crippen LogP contribution in [0.3, 0.4) is 0 Å². The first-order chi connectivity index (χ1) is 15.6. The second-order valence-corrected chi connectivity index (χ2v) is 7.82. The van der Waals surface area contributed by atoms with E-state index in [-0.39, 0.29) is 18.3 Å². The molecular weight excluding hydrogens is 403 g/mol. The summed E-state index contributed by atoms with van der Waals surface area (Å²) in [6, 6.07) is 22.2. The SMILES string of the molecule is Cc1ccc(-c2nn(CC(=O)NCc3ccccc3)c3c2cnc2ccc(F)cc23)cc1. The molecule has 2 aromatic heterocycles. The second-order valence-electron chi connectivity index (χ2n) is 7.82. The third-order valence-corrected chi connectivity index (χ3v) is 5.49. The lowest BCUT2D eigenvalue weighted by molar-refractivity contribution is -0.121. The predicted octanol–water partition coefficient (Wildman–Crippen LogP) is 5.02. The highest BCUT2D eigenvalue weighted by molar-refractivity contribution is 6.08. The van der Waals surface area contributed by atoms with Gasteiger partial charge in [0.15, 0.2) is 0 Å². The van der Waals surface area contributed by atoms with E-state index < -0.39 is 0 Å². The third-order valence-electron chi connectivity index (χ3n) is 5.49. The van der Waals surface area contributed by atoms with Crippen LogP contribution in [0.25, 0.3) is 33.1 Å². The van der Waals surface area contributed by atoms with Gasteiger partial charge in [-0.25, -0.2) is 4.39 Å². The van der Waals surface area contributed by atoms with Crippen molar-refractivity contribution >= 4 is 27.7 Å². The van der Waals surface area contributed by atoms with Gasteiger partial charge < -0.3 is 5.32 Å². The average molecular weight is 424 g/mol. The molecule has 0 saturated carbocycles. The summed E-state index contributed by atoms with van der Waals surface area (Å²) in [5, 5.41) is 9.11. The second kappa shape index (κ2) is 8.23. The lowest BCUT2D eigenvalue weighted by Gasteiger charge is -2.08. The number of fused-ring (bicyclic) bond motifs is 3. The average Bonchev–Trinajstić information content (AvgIpc) is 3.17. The molecular formula is C26H21FN4O. The van der Waals surface area contributed by atoms with Crippen LogP contribution in [0.2, 0.25) is 0 Å². The molecule has 5 rings (SSSR count). The summed E-state index contributed by atoms with van der Waals surface area (Å²) in [4.78, 5) is 17.3. The number of hydrogen-bond acceptors (Lipinski definition) is 3. The zero-order chi connectivity index (χ0) is 22.1. The van der Waals surface area contributed by atoms with Crippen molar-refractivity contribution in [1.29, 1.82) is 0 Å². The van der Waals surface area contributed by atoms with E-state index in [1.807, 2.05) is 61.5 Å². The highest BCUT2D eigenvalue weighted by atomic mass is 19.1. The molecule has 5 aromatic rings. The third kappa shape index (κ3) is 3.83. The maximum atomic E-state index is 14.1. The molecule has 1 amide bonds. The predicted molar refractivity (Wildman–Crippen MR) is 123 cm³/mol. The number of benzene rings is 3. The van der Waals surface area contributed by atoms with Crippen LogP contribution in [0.4, 0.5) is 4.39 Å². The Morgan fingerprint density at radius 1 is 1.00 bits per heavy atom. The molecule has 0 aliphatic rings. The molecule has 5 nitrogen and oxygen atoms in total. The number of aryl methyl sites for hydroxylation is 1. The van der Waals surface area contributed by atoms with Gasteiger partial charge >= 0.3 is 0 Å². The molecule has 0 aliphatic carbocycles. The standard InChI is InChI=1S/C26H21FN4O/c1-17-7-9-19(10-8-17)25-22-15-28-23-12-11-20(27)13-21(23)26(22)31(30-25)16-24(32)29-14-18-5-3-2-4-6-18/h2-13,15H,14,16H2,1H3,(H,29,32). The summed E-state index contributed by atoms with van der Waals surface area (Å²) in [7, 11) is 0. The van der Waals surface area contributed by atoms with Crippen molar-refractivity contribution in [3.63, 3.8) is 0 Å². The first kappa shape index (κ1) is 19.9. The van der Waals surface area contributed by atoms with Gasteiger partial charge in [-0.15, -0.1) is 0 Å². The minimum Gasteiger partial charge on any atom is -0.350 e. The summed E-state index contributed by atoms with van der Waals surface area (Å²) in [5.41, 5.74) is 5.14. The summed E-state index contributed by atoms with van der Waals surface area (Å²) in [5.74, 6) is -0.528. The Kier molecular flexibility index (Phi) is 5.11. The van der Waals surface area contributed by atoms with Gasteiger partial charge in [0, 0.05) is 29.1 Å². The number of nitrogens with one attached hydrogen (secondary N) is 1. The van der Waals surface area contributed by atoms with Crippen LogP contribution in [0.15, 0.2) is 79.0 Å². The first-order valence-corrected chi connectivity index (χ1v) is 10.4. The molecule has 0 fully saturated rings. The number of hydrogen-bond donors (Lipinski definition) is 1. The molecule has 0 aliphatic heterocycles. The van der Waals surface area contributed by atoms with Crippen molar-refractivity contribution in [2.24, 2.45) is 0 Å². The Hall–Kier alpha value is -4.06. The van der Waals surface area contributed by atoms with Crippen LogP contribution in [0.5, 0.6) is 0 Å². The van der Waals surface area contributed by atoms with E-state index in [0.29, 0.717) is 23.0 Å². The lowest BCUT2D eigenvalue weighted by atomic mass is 10.1. The molecule has 3 aromatic carbocycles. The number of aromatic nitrogens is 3. The highest BCUT2D eigenvalue weighted by Gasteiger charge is 2.18. The highest BCUT2D eigenvalue weighted by Crippen LogP contribution is 2.32. The van der Waals surface area contributed by atoms with Gasteiger partial charge in [-0.3, -0.25) is 14.5 Å². The van der Waals surface area contributed by atoms with Gasteiger partial charge in [-0.05, 0) is 30.7 Å². The van der Waals surface area contributed by atoms with Crippen molar-refractivity contribution in [2.45, 2.75) is 20.0 Å². The van der Waals surface area contributed by atoms with Crippen molar-refractivity contribution in [1.82, 2.24) is 20.1 Å². The fourth-order valence-electron chi connectivity index (χ4n) is 3.85. The first-order valence-electron chi connectivity index (χ1n) is 10.4. The zero-order valence-electron chi connectivity index (χ0n) is 17.5. The van der Waals surface area contributed by atoms with Crippen LogP contribution in [0.1, 0.15) is 11.1 Å². The quantitative estimate of drug-likeness (QED) is 0.431. The maximum absolute atomic E-state index is 14.1. The number of amides is 1. The number of carbonyl (C=O) groups excluding carboxylic acids is 1. The fraction of sp³-hybridized carbons (Fsp3) is 0.115. The van der Waals surface area contributed by atoms with Gasteiger partial charge in [0.05, 0.1) is 11.0 Å². The molecule has 0 saturated heterocycles. The Labute approximate surface area is 184 Å². The van der Waals surface area contributed by atoms with E-state index in [0.717, 1.165) is 27.8 Å². The molecule has 2 heterocycles. The monoisotopic (exact) mass is 424 g/mol. The van der Waals surface area contributed by atoms with Crippen LogP contribution >= 0.6 is 0 Å². The van der Waals surface area contributed by atoms with E-state index in [1.165, 1.54) is 12.1 Å². The molecule has 32 heavy (non-hydrogen) atoms. The molecule has 0 radical (unpaired) electrons. The summed E-state index contributed by atoms with van der Waals surface area (Å²) >= 11 is 0. The zero-order valence-corrected chi connectivity index (χ0v) is 17.5. The summed E-state index contributed by atoms with van der Waals surface area (Å²) in [6.45, 7) is 2.47. The van der Waals surface area contributed by atoms with Gasteiger partial charge in [0.1, 0.15) is 18.1 Å². The van der Waals surface area contributed by atoms with Crippen LogP contribution < -0.4 is 5.32 Å². The number of carbonyl (C=O) groups is 1. The van der Waals surface area contributed by atoms with Crippen molar-refractivity contribution in [3.05, 3.63) is 95.9 Å². The molecule has 0 atom stereocenters. The van der Waals surface area contributed by atoms with Gasteiger partial charge in [0.2, 0.25) is 5.91 Å². The van der Waals surface area contributed by atoms with E-state index in [1.54, 1.807) is 16.9 Å². The molecule has 0 unspecified atom stereocenters. The molecule has 158 valence electrons. The van der Waals surface area contributed by atoms with Crippen molar-refractivity contribution in [2.75, 3.05) is 0 Å². The van der Waals surface area contributed by atoms with E-state index in [4.69, 9.17) is 5.10 Å². The van der Waals surface area contributed by atoms with Crippen LogP contribution in [0, 0.1) is 12.7 Å². The van der Waals surface area contributed by atoms with Crippen molar-refractivity contribution in [3.8, 4) is 11.3 Å². The topological polar surface area (TPSA) is 59.8 Å². The maximum Gasteiger partial charge on any atom is 0.242 e. The molecule has 6 heteroatoms. The normalized spacial score (nSPS) is 11.2. The Morgan fingerprint density at radius 3 is 2.56 bits per heavy atom. The van der Waals surface area contributed by atoms with E-state index >= 15 is 0 Å². The number of halogens is 1. The van der Waals surface area contributed by atoms with Crippen LogP contribution in [-0.2, 0) is 17.9 Å². The molecule has 1 N–H and O–H groups in total. The van der Waals surface area contributed by atoms with Gasteiger partial charge in [-0.2, -0.15) is 5.10 Å². The van der Waals surface area contributed by atoms with E-state index in [2.05, 4.69) is 10.3 Å². The Balaban J connectivity index is 1.58. The van der Waals surface area contributed by atoms with Crippen LogP contribution in [-0.4, -0.2) is 20.7 Å². The number of nitrogens with zero attached hydrogens (tertiary/aromatic N) is 3. The van der Waals surface area contributed by atoms with Gasteiger partial charge in [-0.1, -0.05) is 60.2 Å². The molecule has 0 bridgehead atoms. The largest absolute Gasteiger partial charge is 0.350 e. The number of rotatable bonds is 5. The Bertz CT molecular complexity index is 1430.